The maximum absolute atomic E-state index is 12.3. The normalized spacial score (nSPS) is 15.2. The van der Waals surface area contributed by atoms with Crippen LogP contribution in [0.5, 0.6) is 0 Å². The Balaban J connectivity index is 1.62. The molecule has 0 atom stereocenters. The quantitative estimate of drug-likeness (QED) is 0.813. The van der Waals surface area contributed by atoms with Gasteiger partial charge in [-0.15, -0.1) is 0 Å². The molecule has 0 aromatic heterocycles. The van der Waals surface area contributed by atoms with Crippen LogP contribution in [0.15, 0.2) is 42.5 Å². The van der Waals surface area contributed by atoms with E-state index >= 15 is 0 Å². The zero-order valence-corrected chi connectivity index (χ0v) is 16.4. The molecule has 1 N–H and O–H groups in total. The summed E-state index contributed by atoms with van der Waals surface area (Å²) >= 11 is 0. The van der Waals surface area contributed by atoms with E-state index in [1.165, 1.54) is 22.3 Å². The molecule has 0 spiro atoms. The van der Waals surface area contributed by atoms with E-state index in [2.05, 4.69) is 49.2 Å². The maximum Gasteiger partial charge on any atom is 0.248 e. The Bertz CT molecular complexity index is 836. The number of amides is 1. The Labute approximate surface area is 161 Å². The minimum atomic E-state index is -0.115. The molecule has 2 aromatic rings. The fourth-order valence-electron chi connectivity index (χ4n) is 3.28. The van der Waals surface area contributed by atoms with Crippen LogP contribution in [-0.2, 0) is 16.1 Å². The number of rotatable bonds is 5. The number of carbonyl (C=O) groups excluding carboxylic acids is 1. The Hall–Kier alpha value is -2.43. The van der Waals surface area contributed by atoms with Crippen molar-refractivity contribution in [2.45, 2.75) is 27.3 Å². The molecule has 1 saturated heterocycles. The van der Waals surface area contributed by atoms with Crippen LogP contribution >= 0.6 is 0 Å². The molecule has 0 aliphatic carbocycles. The predicted octanol–water partition coefficient (Wildman–Crippen LogP) is 4.10. The maximum atomic E-state index is 12.3. The van der Waals surface area contributed by atoms with Gasteiger partial charge in [0.25, 0.3) is 0 Å². The summed E-state index contributed by atoms with van der Waals surface area (Å²) in [4.78, 5) is 14.7. The van der Waals surface area contributed by atoms with Crippen molar-refractivity contribution in [2.24, 2.45) is 0 Å². The molecule has 1 heterocycles. The van der Waals surface area contributed by atoms with Crippen molar-refractivity contribution in [2.75, 3.05) is 31.6 Å². The molecule has 1 amide bonds. The SMILES string of the molecule is Cc1cc(C)c(/C=C/C(=O)Nc2cccc(CN3CCOCC3)c2)cc1C. The molecule has 1 fully saturated rings. The van der Waals surface area contributed by atoms with Gasteiger partial charge < -0.3 is 10.1 Å². The van der Waals surface area contributed by atoms with Crippen molar-refractivity contribution in [3.05, 3.63) is 70.3 Å². The van der Waals surface area contributed by atoms with E-state index in [4.69, 9.17) is 4.74 Å². The lowest BCUT2D eigenvalue weighted by Crippen LogP contribution is -2.35. The van der Waals surface area contributed by atoms with E-state index < -0.39 is 0 Å². The molecule has 27 heavy (non-hydrogen) atoms. The fourth-order valence-corrected chi connectivity index (χ4v) is 3.28. The lowest BCUT2D eigenvalue weighted by Gasteiger charge is -2.26. The molecule has 142 valence electrons. The van der Waals surface area contributed by atoms with Gasteiger partial charge in [-0.2, -0.15) is 0 Å². The summed E-state index contributed by atoms with van der Waals surface area (Å²) < 4.78 is 5.39. The first-order valence-electron chi connectivity index (χ1n) is 9.47. The second-order valence-corrected chi connectivity index (χ2v) is 7.20. The highest BCUT2D eigenvalue weighted by Gasteiger charge is 2.11. The fraction of sp³-hybridized carbons (Fsp3) is 0.348. The number of anilines is 1. The average Bonchev–Trinajstić information content (AvgIpc) is 2.65. The van der Waals surface area contributed by atoms with Gasteiger partial charge >= 0.3 is 0 Å². The molecule has 3 rings (SSSR count). The number of ether oxygens (including phenoxy) is 1. The number of benzene rings is 2. The van der Waals surface area contributed by atoms with Crippen LogP contribution in [-0.4, -0.2) is 37.1 Å². The third kappa shape index (κ3) is 5.52. The van der Waals surface area contributed by atoms with Gasteiger partial charge in [0.15, 0.2) is 0 Å². The van der Waals surface area contributed by atoms with Gasteiger partial charge in [-0.3, -0.25) is 9.69 Å². The molecular formula is C23H28N2O2. The third-order valence-electron chi connectivity index (χ3n) is 5.00. The highest BCUT2D eigenvalue weighted by atomic mass is 16.5. The van der Waals surface area contributed by atoms with Gasteiger partial charge in [0.1, 0.15) is 0 Å². The summed E-state index contributed by atoms with van der Waals surface area (Å²) in [5.41, 5.74) is 6.78. The van der Waals surface area contributed by atoms with Crippen LogP contribution in [0.25, 0.3) is 6.08 Å². The van der Waals surface area contributed by atoms with Crippen LogP contribution in [0, 0.1) is 20.8 Å². The van der Waals surface area contributed by atoms with Crippen molar-refractivity contribution in [1.82, 2.24) is 4.90 Å². The number of aryl methyl sites for hydroxylation is 3. The van der Waals surface area contributed by atoms with Crippen molar-refractivity contribution >= 4 is 17.7 Å². The molecule has 0 bridgehead atoms. The summed E-state index contributed by atoms with van der Waals surface area (Å²) in [7, 11) is 0. The number of hydrogen-bond acceptors (Lipinski definition) is 3. The van der Waals surface area contributed by atoms with E-state index in [9.17, 15) is 4.79 Å². The van der Waals surface area contributed by atoms with Crippen molar-refractivity contribution in [3.8, 4) is 0 Å². The summed E-state index contributed by atoms with van der Waals surface area (Å²) in [5.74, 6) is -0.115. The lowest BCUT2D eigenvalue weighted by molar-refractivity contribution is -0.111. The number of nitrogens with zero attached hydrogens (tertiary/aromatic N) is 1. The van der Waals surface area contributed by atoms with Crippen LogP contribution in [0.3, 0.4) is 0 Å². The number of carbonyl (C=O) groups is 1. The summed E-state index contributed by atoms with van der Waals surface area (Å²) in [6.07, 6.45) is 3.49. The molecule has 2 aromatic carbocycles. The smallest absolute Gasteiger partial charge is 0.248 e. The second-order valence-electron chi connectivity index (χ2n) is 7.20. The molecule has 0 radical (unpaired) electrons. The van der Waals surface area contributed by atoms with E-state index in [-0.39, 0.29) is 5.91 Å². The van der Waals surface area contributed by atoms with Crippen LogP contribution in [0.1, 0.15) is 27.8 Å². The number of nitrogens with one attached hydrogen (secondary N) is 1. The van der Waals surface area contributed by atoms with Gasteiger partial charge in [0, 0.05) is 31.4 Å². The van der Waals surface area contributed by atoms with Crippen molar-refractivity contribution in [1.29, 1.82) is 0 Å². The molecular weight excluding hydrogens is 336 g/mol. The van der Waals surface area contributed by atoms with Crippen LogP contribution in [0.2, 0.25) is 0 Å². The highest BCUT2D eigenvalue weighted by Crippen LogP contribution is 2.17. The Morgan fingerprint density at radius 3 is 2.59 bits per heavy atom. The molecule has 1 aliphatic heterocycles. The standard InChI is InChI=1S/C23H28N2O2/c1-17-13-19(3)21(14-18(17)2)7-8-23(26)24-22-6-4-5-20(15-22)16-25-9-11-27-12-10-25/h4-8,13-15H,9-12,16H2,1-3H3,(H,24,26)/b8-7+. The zero-order valence-electron chi connectivity index (χ0n) is 16.4. The van der Waals surface area contributed by atoms with Gasteiger partial charge in [-0.05, 0) is 66.8 Å². The molecule has 0 saturated carbocycles. The molecule has 1 aliphatic rings. The molecule has 0 unspecified atom stereocenters. The molecule has 4 nitrogen and oxygen atoms in total. The number of hydrogen-bond donors (Lipinski definition) is 1. The van der Waals surface area contributed by atoms with E-state index in [1.807, 2.05) is 24.3 Å². The summed E-state index contributed by atoms with van der Waals surface area (Å²) in [5, 5.41) is 2.97. The number of morpholine rings is 1. The Morgan fingerprint density at radius 1 is 1.07 bits per heavy atom. The van der Waals surface area contributed by atoms with Gasteiger partial charge in [0.2, 0.25) is 5.91 Å². The van der Waals surface area contributed by atoms with E-state index in [1.54, 1.807) is 6.08 Å². The van der Waals surface area contributed by atoms with Crippen molar-refractivity contribution in [3.63, 3.8) is 0 Å². The first-order valence-corrected chi connectivity index (χ1v) is 9.47. The largest absolute Gasteiger partial charge is 0.379 e. The second kappa shape index (κ2) is 8.98. The minimum absolute atomic E-state index is 0.115. The predicted molar refractivity (Wildman–Crippen MR) is 111 cm³/mol. The van der Waals surface area contributed by atoms with Gasteiger partial charge in [0.05, 0.1) is 13.2 Å². The van der Waals surface area contributed by atoms with Gasteiger partial charge in [-0.1, -0.05) is 24.3 Å². The van der Waals surface area contributed by atoms with E-state index in [0.717, 1.165) is 44.1 Å². The lowest BCUT2D eigenvalue weighted by atomic mass is 10.0. The minimum Gasteiger partial charge on any atom is -0.379 e. The van der Waals surface area contributed by atoms with Gasteiger partial charge in [-0.25, -0.2) is 0 Å². The Morgan fingerprint density at radius 2 is 1.81 bits per heavy atom. The average molecular weight is 364 g/mol. The monoisotopic (exact) mass is 364 g/mol. The van der Waals surface area contributed by atoms with Crippen LogP contribution < -0.4 is 5.32 Å². The topological polar surface area (TPSA) is 41.6 Å². The Kier molecular flexibility index (Phi) is 6.43. The summed E-state index contributed by atoms with van der Waals surface area (Å²) in [6, 6.07) is 12.3. The zero-order chi connectivity index (χ0) is 19.2. The van der Waals surface area contributed by atoms with E-state index in [0.29, 0.717) is 0 Å². The highest BCUT2D eigenvalue weighted by molar-refractivity contribution is 6.02. The first-order chi connectivity index (χ1) is 13.0. The first kappa shape index (κ1) is 19.3. The van der Waals surface area contributed by atoms with Crippen LogP contribution in [0.4, 0.5) is 5.69 Å². The van der Waals surface area contributed by atoms with Crippen molar-refractivity contribution < 1.29 is 9.53 Å². The summed E-state index contributed by atoms with van der Waals surface area (Å²) in [6.45, 7) is 10.6. The molecule has 4 heteroatoms. The third-order valence-corrected chi connectivity index (χ3v) is 5.00.